The van der Waals surface area contributed by atoms with Crippen molar-refractivity contribution in [3.05, 3.63) is 33.4 Å². The Morgan fingerprint density at radius 2 is 2.12 bits per heavy atom. The van der Waals surface area contributed by atoms with Crippen molar-refractivity contribution in [3.63, 3.8) is 0 Å². The van der Waals surface area contributed by atoms with Crippen molar-refractivity contribution in [2.45, 2.75) is 38.3 Å². The fourth-order valence-corrected chi connectivity index (χ4v) is 2.98. The van der Waals surface area contributed by atoms with Crippen LogP contribution in [0.4, 0.5) is 0 Å². The van der Waals surface area contributed by atoms with Gasteiger partial charge in [-0.05, 0) is 59.5 Å². The number of ether oxygens (including phenoxy) is 1. The van der Waals surface area contributed by atoms with Gasteiger partial charge in [-0.25, -0.2) is 0 Å². The van der Waals surface area contributed by atoms with Crippen molar-refractivity contribution in [1.29, 1.82) is 0 Å². The summed E-state index contributed by atoms with van der Waals surface area (Å²) in [7, 11) is 0. The highest BCUT2D eigenvalue weighted by atomic mass is 127. The van der Waals surface area contributed by atoms with Crippen molar-refractivity contribution >= 4 is 22.6 Å². The van der Waals surface area contributed by atoms with E-state index in [4.69, 9.17) is 10.5 Å². The summed E-state index contributed by atoms with van der Waals surface area (Å²) in [4.78, 5) is 0. The zero-order valence-electron chi connectivity index (χ0n) is 10.2. The zero-order chi connectivity index (χ0) is 12.3. The van der Waals surface area contributed by atoms with Crippen LogP contribution in [0.25, 0.3) is 0 Å². The molecule has 0 radical (unpaired) electrons. The van der Waals surface area contributed by atoms with Gasteiger partial charge in [-0.15, -0.1) is 0 Å². The van der Waals surface area contributed by atoms with Gasteiger partial charge in [-0.3, -0.25) is 0 Å². The average molecular weight is 345 g/mol. The maximum atomic E-state index is 6.33. The Balaban J connectivity index is 1.96. The number of hydrogen-bond acceptors (Lipinski definition) is 2. The molecule has 1 aliphatic heterocycles. The molecule has 2 N–H and O–H groups in total. The SMILES string of the molecule is CCC1OCCC1C(N)Cc1ccc(I)cc1. The van der Waals surface area contributed by atoms with Crippen LogP contribution in [-0.2, 0) is 11.2 Å². The van der Waals surface area contributed by atoms with Crippen LogP contribution in [0.5, 0.6) is 0 Å². The third-order valence-corrected chi connectivity index (χ3v) is 4.32. The third kappa shape index (κ3) is 3.42. The lowest BCUT2D eigenvalue weighted by Gasteiger charge is -2.23. The van der Waals surface area contributed by atoms with Crippen LogP contribution < -0.4 is 5.73 Å². The van der Waals surface area contributed by atoms with Crippen molar-refractivity contribution in [3.8, 4) is 0 Å². The van der Waals surface area contributed by atoms with Gasteiger partial charge in [0.25, 0.3) is 0 Å². The van der Waals surface area contributed by atoms with Gasteiger partial charge in [0.1, 0.15) is 0 Å². The van der Waals surface area contributed by atoms with Gasteiger partial charge in [-0.1, -0.05) is 19.1 Å². The highest BCUT2D eigenvalue weighted by molar-refractivity contribution is 14.1. The Kier molecular flexibility index (Phi) is 4.82. The molecular formula is C14H20INO. The quantitative estimate of drug-likeness (QED) is 0.852. The Morgan fingerprint density at radius 1 is 1.41 bits per heavy atom. The van der Waals surface area contributed by atoms with Crippen LogP contribution in [0.2, 0.25) is 0 Å². The summed E-state index contributed by atoms with van der Waals surface area (Å²) in [6.45, 7) is 3.06. The summed E-state index contributed by atoms with van der Waals surface area (Å²) in [6, 6.07) is 8.87. The van der Waals surface area contributed by atoms with Gasteiger partial charge in [0.2, 0.25) is 0 Å². The molecule has 0 spiro atoms. The fraction of sp³-hybridized carbons (Fsp3) is 0.571. The van der Waals surface area contributed by atoms with Crippen molar-refractivity contribution in [1.82, 2.24) is 0 Å². The fourth-order valence-electron chi connectivity index (χ4n) is 2.62. The van der Waals surface area contributed by atoms with E-state index in [0.29, 0.717) is 12.0 Å². The van der Waals surface area contributed by atoms with E-state index in [0.717, 1.165) is 25.9 Å². The maximum Gasteiger partial charge on any atom is 0.0616 e. The average Bonchev–Trinajstić information content (AvgIpc) is 2.80. The molecule has 1 saturated heterocycles. The number of hydrogen-bond donors (Lipinski definition) is 1. The highest BCUT2D eigenvalue weighted by Crippen LogP contribution is 2.27. The predicted molar refractivity (Wildman–Crippen MR) is 79.0 cm³/mol. The van der Waals surface area contributed by atoms with Gasteiger partial charge in [0.05, 0.1) is 6.10 Å². The highest BCUT2D eigenvalue weighted by Gasteiger charge is 2.31. The maximum absolute atomic E-state index is 6.33. The van der Waals surface area contributed by atoms with Gasteiger partial charge >= 0.3 is 0 Å². The zero-order valence-corrected chi connectivity index (χ0v) is 12.4. The van der Waals surface area contributed by atoms with E-state index in [1.165, 1.54) is 9.13 Å². The van der Waals surface area contributed by atoms with Crippen LogP contribution in [0.15, 0.2) is 24.3 Å². The molecule has 94 valence electrons. The Morgan fingerprint density at radius 3 is 2.76 bits per heavy atom. The van der Waals surface area contributed by atoms with E-state index in [1.807, 2.05) is 0 Å². The van der Waals surface area contributed by atoms with E-state index in [9.17, 15) is 0 Å². The predicted octanol–water partition coefficient (Wildman–Crippen LogP) is 2.98. The summed E-state index contributed by atoms with van der Waals surface area (Å²) in [5.74, 6) is 0.527. The second kappa shape index (κ2) is 6.16. The summed E-state index contributed by atoms with van der Waals surface area (Å²) in [5.41, 5.74) is 7.67. The molecule has 2 rings (SSSR count). The standard InChI is InChI=1S/C14H20INO/c1-2-14-12(7-8-17-14)13(16)9-10-3-5-11(15)6-4-10/h3-6,12-14H,2,7-9,16H2,1H3. The van der Waals surface area contributed by atoms with Crippen LogP contribution in [-0.4, -0.2) is 18.8 Å². The number of benzene rings is 1. The molecule has 3 atom stereocenters. The molecule has 1 fully saturated rings. The third-order valence-electron chi connectivity index (χ3n) is 3.60. The summed E-state index contributed by atoms with van der Waals surface area (Å²) < 4.78 is 6.99. The Bertz CT molecular complexity index is 352. The molecule has 1 aromatic carbocycles. The van der Waals surface area contributed by atoms with Crippen LogP contribution >= 0.6 is 22.6 Å². The first-order chi connectivity index (χ1) is 8.20. The second-order valence-electron chi connectivity index (χ2n) is 4.76. The molecule has 0 aliphatic carbocycles. The molecule has 0 amide bonds. The molecule has 3 unspecified atom stereocenters. The number of rotatable bonds is 4. The lowest BCUT2D eigenvalue weighted by Crippen LogP contribution is -2.36. The van der Waals surface area contributed by atoms with Crippen LogP contribution in [0.1, 0.15) is 25.3 Å². The monoisotopic (exact) mass is 345 g/mol. The summed E-state index contributed by atoms with van der Waals surface area (Å²) in [5, 5.41) is 0. The van der Waals surface area contributed by atoms with Crippen LogP contribution in [0, 0.1) is 9.49 Å². The van der Waals surface area contributed by atoms with Gasteiger partial charge in [-0.2, -0.15) is 0 Å². The van der Waals surface area contributed by atoms with E-state index in [-0.39, 0.29) is 6.04 Å². The Hall–Kier alpha value is -0.130. The first kappa shape index (κ1) is 13.3. The molecule has 2 nitrogen and oxygen atoms in total. The van der Waals surface area contributed by atoms with Gasteiger partial charge in [0.15, 0.2) is 0 Å². The summed E-state index contributed by atoms with van der Waals surface area (Å²) in [6.07, 6.45) is 3.52. The summed E-state index contributed by atoms with van der Waals surface area (Å²) >= 11 is 2.33. The molecule has 1 heterocycles. The van der Waals surface area contributed by atoms with E-state index >= 15 is 0 Å². The molecule has 3 heteroatoms. The van der Waals surface area contributed by atoms with E-state index in [2.05, 4.69) is 53.8 Å². The molecule has 1 aliphatic rings. The first-order valence-corrected chi connectivity index (χ1v) is 7.40. The smallest absolute Gasteiger partial charge is 0.0616 e. The first-order valence-electron chi connectivity index (χ1n) is 6.32. The van der Waals surface area contributed by atoms with Crippen molar-refractivity contribution in [2.24, 2.45) is 11.7 Å². The van der Waals surface area contributed by atoms with Gasteiger partial charge in [0, 0.05) is 22.1 Å². The van der Waals surface area contributed by atoms with E-state index < -0.39 is 0 Å². The Labute approximate surface area is 117 Å². The molecule has 0 aromatic heterocycles. The molecular weight excluding hydrogens is 325 g/mol. The largest absolute Gasteiger partial charge is 0.378 e. The molecule has 1 aromatic rings. The second-order valence-corrected chi connectivity index (χ2v) is 6.01. The molecule has 17 heavy (non-hydrogen) atoms. The topological polar surface area (TPSA) is 35.2 Å². The minimum absolute atomic E-state index is 0.225. The lowest BCUT2D eigenvalue weighted by molar-refractivity contribution is 0.0814. The lowest BCUT2D eigenvalue weighted by atomic mass is 9.88. The van der Waals surface area contributed by atoms with Crippen LogP contribution in [0.3, 0.4) is 0 Å². The number of nitrogens with two attached hydrogens (primary N) is 1. The number of halogens is 1. The molecule has 0 bridgehead atoms. The van der Waals surface area contributed by atoms with Gasteiger partial charge < -0.3 is 10.5 Å². The minimum Gasteiger partial charge on any atom is -0.378 e. The van der Waals surface area contributed by atoms with E-state index in [1.54, 1.807) is 0 Å². The minimum atomic E-state index is 0.225. The normalized spacial score (nSPS) is 26.1. The van der Waals surface area contributed by atoms with Crippen molar-refractivity contribution < 1.29 is 4.74 Å². The van der Waals surface area contributed by atoms with Crippen molar-refractivity contribution in [2.75, 3.05) is 6.61 Å². The molecule has 0 saturated carbocycles.